The van der Waals surface area contributed by atoms with E-state index in [-0.39, 0.29) is 5.92 Å². The molecule has 0 bridgehead atoms. The molecule has 2 nitrogen and oxygen atoms in total. The van der Waals surface area contributed by atoms with Gasteiger partial charge in [-0.1, -0.05) is 19.8 Å². The Morgan fingerprint density at radius 2 is 1.83 bits per heavy atom. The lowest BCUT2D eigenvalue weighted by atomic mass is 9.98. The number of hydrogen-bond donors (Lipinski definition) is 0. The molecular formula is C10H18O2. The van der Waals surface area contributed by atoms with Crippen molar-refractivity contribution in [3.63, 3.8) is 0 Å². The fourth-order valence-electron chi connectivity index (χ4n) is 1.21. The molecule has 0 fully saturated rings. The van der Waals surface area contributed by atoms with Crippen LogP contribution in [0.1, 0.15) is 45.4 Å². The van der Waals surface area contributed by atoms with Crippen molar-refractivity contribution >= 4 is 12.6 Å². The maximum absolute atomic E-state index is 10.5. The van der Waals surface area contributed by atoms with Crippen molar-refractivity contribution in [2.75, 3.05) is 0 Å². The number of hydrogen-bond acceptors (Lipinski definition) is 2. The number of rotatable bonds is 8. The first kappa shape index (κ1) is 11.3. The predicted octanol–water partition coefficient (Wildman–Crippen LogP) is 2.36. The molecule has 0 saturated heterocycles. The second-order valence-electron chi connectivity index (χ2n) is 3.14. The third-order valence-corrected chi connectivity index (χ3v) is 2.02. The number of carbonyl (C=O) groups is 2. The minimum atomic E-state index is 0.185. The van der Waals surface area contributed by atoms with Gasteiger partial charge in [0.1, 0.15) is 12.6 Å². The average Bonchev–Trinajstić information content (AvgIpc) is 2.11. The van der Waals surface area contributed by atoms with Crippen molar-refractivity contribution in [3.8, 4) is 0 Å². The van der Waals surface area contributed by atoms with Crippen LogP contribution in [0.5, 0.6) is 0 Å². The van der Waals surface area contributed by atoms with E-state index in [4.69, 9.17) is 0 Å². The zero-order valence-electron chi connectivity index (χ0n) is 7.79. The Morgan fingerprint density at radius 1 is 1.17 bits per heavy atom. The summed E-state index contributed by atoms with van der Waals surface area (Å²) in [4.78, 5) is 20.5. The summed E-state index contributed by atoms with van der Waals surface area (Å²) >= 11 is 0. The van der Waals surface area contributed by atoms with Gasteiger partial charge < -0.3 is 9.59 Å². The summed E-state index contributed by atoms with van der Waals surface area (Å²) in [7, 11) is 0. The summed E-state index contributed by atoms with van der Waals surface area (Å²) < 4.78 is 0. The molecule has 1 unspecified atom stereocenters. The average molecular weight is 170 g/mol. The highest BCUT2D eigenvalue weighted by Gasteiger charge is 2.05. The molecular weight excluding hydrogens is 152 g/mol. The SMILES string of the molecule is CCCCC(C=O)CCCC=O. The molecule has 0 aliphatic rings. The molecule has 0 rings (SSSR count). The van der Waals surface area contributed by atoms with Gasteiger partial charge >= 0.3 is 0 Å². The van der Waals surface area contributed by atoms with Crippen LogP contribution in [0.2, 0.25) is 0 Å². The third kappa shape index (κ3) is 6.08. The van der Waals surface area contributed by atoms with Crippen molar-refractivity contribution in [2.24, 2.45) is 5.92 Å². The highest BCUT2D eigenvalue weighted by molar-refractivity contribution is 5.53. The second kappa shape index (κ2) is 8.44. The van der Waals surface area contributed by atoms with E-state index in [1.54, 1.807) is 0 Å². The van der Waals surface area contributed by atoms with Crippen LogP contribution in [0.3, 0.4) is 0 Å². The lowest BCUT2D eigenvalue weighted by Crippen LogP contribution is -2.01. The minimum absolute atomic E-state index is 0.185. The van der Waals surface area contributed by atoms with E-state index in [0.29, 0.717) is 6.42 Å². The molecule has 0 heterocycles. The van der Waals surface area contributed by atoms with Gasteiger partial charge in [-0.2, -0.15) is 0 Å². The highest BCUT2D eigenvalue weighted by Crippen LogP contribution is 2.12. The van der Waals surface area contributed by atoms with E-state index in [2.05, 4.69) is 6.92 Å². The van der Waals surface area contributed by atoms with Gasteiger partial charge in [-0.3, -0.25) is 0 Å². The first-order chi connectivity index (χ1) is 5.85. The second-order valence-corrected chi connectivity index (χ2v) is 3.14. The van der Waals surface area contributed by atoms with Crippen LogP contribution in [0, 0.1) is 5.92 Å². The molecule has 0 saturated carbocycles. The van der Waals surface area contributed by atoms with Crippen LogP contribution in [0.15, 0.2) is 0 Å². The summed E-state index contributed by atoms with van der Waals surface area (Å²) in [6, 6.07) is 0. The number of unbranched alkanes of at least 4 members (excludes halogenated alkanes) is 2. The number of carbonyl (C=O) groups excluding carboxylic acids is 2. The van der Waals surface area contributed by atoms with E-state index in [0.717, 1.165) is 44.7 Å². The van der Waals surface area contributed by atoms with Gasteiger partial charge in [0, 0.05) is 12.3 Å². The van der Waals surface area contributed by atoms with Crippen LogP contribution in [0.4, 0.5) is 0 Å². The fraction of sp³-hybridized carbons (Fsp3) is 0.800. The molecule has 0 spiro atoms. The molecule has 0 aromatic heterocycles. The third-order valence-electron chi connectivity index (χ3n) is 2.02. The fourth-order valence-corrected chi connectivity index (χ4v) is 1.21. The predicted molar refractivity (Wildman–Crippen MR) is 49.0 cm³/mol. The standard InChI is InChI=1S/C10H18O2/c1-2-3-6-10(9-12)7-4-5-8-11/h8-10H,2-7H2,1H3. The van der Waals surface area contributed by atoms with Crippen molar-refractivity contribution in [2.45, 2.75) is 45.4 Å². The Morgan fingerprint density at radius 3 is 2.33 bits per heavy atom. The maximum Gasteiger partial charge on any atom is 0.123 e. The summed E-state index contributed by atoms with van der Waals surface area (Å²) in [5.41, 5.74) is 0. The Labute approximate surface area is 74.3 Å². The topological polar surface area (TPSA) is 34.1 Å². The summed E-state index contributed by atoms with van der Waals surface area (Å²) in [5.74, 6) is 0.185. The van der Waals surface area contributed by atoms with E-state index in [1.165, 1.54) is 0 Å². The Bertz CT molecular complexity index is 121. The molecule has 12 heavy (non-hydrogen) atoms. The largest absolute Gasteiger partial charge is 0.303 e. The smallest absolute Gasteiger partial charge is 0.123 e. The molecule has 0 radical (unpaired) electrons. The van der Waals surface area contributed by atoms with Gasteiger partial charge in [0.05, 0.1) is 0 Å². The maximum atomic E-state index is 10.5. The monoisotopic (exact) mass is 170 g/mol. The van der Waals surface area contributed by atoms with Gasteiger partial charge in [0.25, 0.3) is 0 Å². The van der Waals surface area contributed by atoms with Crippen molar-refractivity contribution in [3.05, 3.63) is 0 Å². The molecule has 1 atom stereocenters. The van der Waals surface area contributed by atoms with Crippen molar-refractivity contribution in [1.29, 1.82) is 0 Å². The van der Waals surface area contributed by atoms with Crippen LogP contribution >= 0.6 is 0 Å². The highest BCUT2D eigenvalue weighted by atomic mass is 16.1. The van der Waals surface area contributed by atoms with Crippen LogP contribution in [-0.4, -0.2) is 12.6 Å². The zero-order valence-corrected chi connectivity index (χ0v) is 7.79. The lowest BCUT2D eigenvalue weighted by molar-refractivity contribution is -0.112. The zero-order chi connectivity index (χ0) is 9.23. The molecule has 0 aromatic carbocycles. The van der Waals surface area contributed by atoms with E-state index in [9.17, 15) is 9.59 Å². The molecule has 2 heteroatoms. The summed E-state index contributed by atoms with van der Waals surface area (Å²) in [6.07, 6.45) is 7.51. The van der Waals surface area contributed by atoms with Crippen molar-refractivity contribution < 1.29 is 9.59 Å². The molecule has 0 aliphatic carbocycles. The molecule has 70 valence electrons. The van der Waals surface area contributed by atoms with Gasteiger partial charge in [-0.05, 0) is 19.3 Å². The molecule has 0 aliphatic heterocycles. The Kier molecular flexibility index (Phi) is 7.97. The molecule has 0 amide bonds. The normalized spacial score (nSPS) is 12.4. The Hall–Kier alpha value is -0.660. The van der Waals surface area contributed by atoms with E-state index in [1.807, 2.05) is 0 Å². The van der Waals surface area contributed by atoms with Crippen LogP contribution < -0.4 is 0 Å². The van der Waals surface area contributed by atoms with E-state index < -0.39 is 0 Å². The minimum Gasteiger partial charge on any atom is -0.303 e. The number of aldehydes is 2. The van der Waals surface area contributed by atoms with Crippen molar-refractivity contribution in [1.82, 2.24) is 0 Å². The van der Waals surface area contributed by atoms with E-state index >= 15 is 0 Å². The first-order valence-electron chi connectivity index (χ1n) is 4.74. The quantitative estimate of drug-likeness (QED) is 0.414. The van der Waals surface area contributed by atoms with Gasteiger partial charge in [0.2, 0.25) is 0 Å². The van der Waals surface area contributed by atoms with Gasteiger partial charge in [-0.25, -0.2) is 0 Å². The summed E-state index contributed by atoms with van der Waals surface area (Å²) in [5, 5.41) is 0. The Balaban J connectivity index is 3.38. The summed E-state index contributed by atoms with van der Waals surface area (Å²) in [6.45, 7) is 2.12. The van der Waals surface area contributed by atoms with Gasteiger partial charge in [0.15, 0.2) is 0 Å². The van der Waals surface area contributed by atoms with Gasteiger partial charge in [-0.15, -0.1) is 0 Å². The molecule has 0 aromatic rings. The lowest BCUT2D eigenvalue weighted by Gasteiger charge is -2.06. The first-order valence-corrected chi connectivity index (χ1v) is 4.74. The van der Waals surface area contributed by atoms with Crippen LogP contribution in [0.25, 0.3) is 0 Å². The van der Waals surface area contributed by atoms with Crippen LogP contribution in [-0.2, 0) is 9.59 Å². The molecule has 0 N–H and O–H groups in total.